The zero-order valence-electron chi connectivity index (χ0n) is 12.4. The minimum absolute atomic E-state index is 0.130. The van der Waals surface area contributed by atoms with Crippen LogP contribution in [0, 0.1) is 6.92 Å². The molecule has 3 rings (SSSR count). The Morgan fingerprint density at radius 3 is 2.48 bits per heavy atom. The second-order valence-corrected chi connectivity index (χ2v) is 5.35. The van der Waals surface area contributed by atoms with Crippen molar-refractivity contribution in [2.75, 3.05) is 0 Å². The fraction of sp³-hybridized carbons (Fsp3) is 0.105. The molecule has 0 unspecified atom stereocenters. The van der Waals surface area contributed by atoms with Gasteiger partial charge in [0.25, 0.3) is 0 Å². The van der Waals surface area contributed by atoms with Crippen molar-refractivity contribution < 1.29 is 13.2 Å². The van der Waals surface area contributed by atoms with E-state index < -0.39 is 11.7 Å². The van der Waals surface area contributed by atoms with Crippen molar-refractivity contribution in [2.45, 2.75) is 13.1 Å². The molecular weight excluding hydrogens is 299 g/mol. The molecule has 1 nitrogen and oxygen atoms in total. The van der Waals surface area contributed by atoms with Crippen LogP contribution in [0.5, 0.6) is 0 Å². The molecule has 0 atom stereocenters. The molecule has 0 fully saturated rings. The first-order valence-corrected chi connectivity index (χ1v) is 7.15. The summed E-state index contributed by atoms with van der Waals surface area (Å²) in [5.74, 6) is 0. The van der Waals surface area contributed by atoms with E-state index in [0.717, 1.165) is 22.5 Å². The van der Waals surface area contributed by atoms with E-state index in [0.29, 0.717) is 5.69 Å². The summed E-state index contributed by atoms with van der Waals surface area (Å²) in [6.07, 6.45) is -1.32. The molecule has 0 saturated heterocycles. The quantitative estimate of drug-likeness (QED) is 0.588. The number of benzene rings is 2. The summed E-state index contributed by atoms with van der Waals surface area (Å²) in [5, 5.41) is 1.01. The Morgan fingerprint density at radius 2 is 1.70 bits per heavy atom. The van der Waals surface area contributed by atoms with Crippen molar-refractivity contribution >= 4 is 23.1 Å². The third-order valence-corrected chi connectivity index (χ3v) is 3.57. The van der Waals surface area contributed by atoms with Crippen molar-refractivity contribution in [3.05, 3.63) is 77.0 Å². The number of alkyl halides is 3. The van der Waals surface area contributed by atoms with Crippen LogP contribution < -0.4 is 0 Å². The summed E-state index contributed by atoms with van der Waals surface area (Å²) < 4.78 is 38.9. The first-order chi connectivity index (χ1) is 10.9. The molecule has 0 bridgehead atoms. The van der Waals surface area contributed by atoms with Crippen molar-refractivity contribution in [3.8, 4) is 0 Å². The minimum atomic E-state index is -4.37. The van der Waals surface area contributed by atoms with Gasteiger partial charge in [-0.25, -0.2) is 4.98 Å². The van der Waals surface area contributed by atoms with Gasteiger partial charge in [0.1, 0.15) is 0 Å². The van der Waals surface area contributed by atoms with Crippen LogP contribution in [0.4, 0.5) is 13.2 Å². The molecule has 3 aromatic rings. The zero-order chi connectivity index (χ0) is 16.4. The van der Waals surface area contributed by atoms with Gasteiger partial charge in [-0.05, 0) is 42.8 Å². The monoisotopic (exact) mass is 313 g/mol. The normalized spacial score (nSPS) is 12.2. The standard InChI is InChI=1S/C19H14F3N/c1-13-6-11-18-15(12-13)8-10-16(23-18)9-7-14-4-2-3-5-17(14)19(20,21)22/h2-12H,1H3/b9-7+. The highest BCUT2D eigenvalue weighted by molar-refractivity contribution is 5.81. The maximum absolute atomic E-state index is 13.0. The Balaban J connectivity index is 1.96. The van der Waals surface area contributed by atoms with E-state index in [1.54, 1.807) is 18.2 Å². The molecule has 2 aromatic carbocycles. The zero-order valence-corrected chi connectivity index (χ0v) is 12.4. The number of rotatable bonds is 2. The predicted octanol–water partition coefficient (Wildman–Crippen LogP) is 5.73. The van der Waals surface area contributed by atoms with Gasteiger partial charge < -0.3 is 0 Å². The fourth-order valence-corrected chi connectivity index (χ4v) is 2.43. The lowest BCUT2D eigenvalue weighted by atomic mass is 10.1. The number of nitrogens with zero attached hydrogens (tertiary/aromatic N) is 1. The second kappa shape index (κ2) is 5.88. The predicted molar refractivity (Wildman–Crippen MR) is 86.9 cm³/mol. The number of hydrogen-bond acceptors (Lipinski definition) is 1. The molecule has 1 aromatic heterocycles. The van der Waals surface area contributed by atoms with Crippen LogP contribution in [-0.2, 0) is 6.18 Å². The van der Waals surface area contributed by atoms with E-state index in [-0.39, 0.29) is 5.56 Å². The van der Waals surface area contributed by atoms with Gasteiger partial charge in [0.2, 0.25) is 0 Å². The van der Waals surface area contributed by atoms with Crippen LogP contribution in [-0.4, -0.2) is 4.98 Å². The van der Waals surface area contributed by atoms with Crippen LogP contribution in [0.25, 0.3) is 23.1 Å². The third-order valence-electron chi connectivity index (χ3n) is 3.57. The largest absolute Gasteiger partial charge is 0.416 e. The molecule has 0 radical (unpaired) electrons. The average Bonchev–Trinajstić information content (AvgIpc) is 2.52. The molecule has 1 heterocycles. The summed E-state index contributed by atoms with van der Waals surface area (Å²) in [4.78, 5) is 4.46. The maximum Gasteiger partial charge on any atom is 0.416 e. The lowest BCUT2D eigenvalue weighted by Gasteiger charge is -2.09. The van der Waals surface area contributed by atoms with Crippen molar-refractivity contribution in [1.29, 1.82) is 0 Å². The van der Waals surface area contributed by atoms with Gasteiger partial charge in [0.05, 0.1) is 16.8 Å². The Bertz CT molecular complexity index is 879. The number of fused-ring (bicyclic) bond motifs is 1. The molecule has 0 N–H and O–H groups in total. The van der Waals surface area contributed by atoms with E-state index in [2.05, 4.69) is 4.98 Å². The molecular formula is C19H14F3N. The van der Waals surface area contributed by atoms with Crippen molar-refractivity contribution in [1.82, 2.24) is 4.98 Å². The van der Waals surface area contributed by atoms with E-state index in [1.807, 2.05) is 31.2 Å². The summed E-state index contributed by atoms with van der Waals surface area (Å²) in [7, 11) is 0. The van der Waals surface area contributed by atoms with E-state index >= 15 is 0 Å². The molecule has 0 aliphatic carbocycles. The van der Waals surface area contributed by atoms with Gasteiger partial charge in [-0.2, -0.15) is 13.2 Å². The number of hydrogen-bond donors (Lipinski definition) is 0. The third kappa shape index (κ3) is 3.42. The molecule has 116 valence electrons. The Hall–Kier alpha value is -2.62. The number of halogens is 3. The van der Waals surface area contributed by atoms with Crippen LogP contribution >= 0.6 is 0 Å². The minimum Gasteiger partial charge on any atom is -0.248 e. The Morgan fingerprint density at radius 1 is 0.913 bits per heavy atom. The first kappa shape index (κ1) is 15.3. The molecule has 0 amide bonds. The first-order valence-electron chi connectivity index (χ1n) is 7.15. The lowest BCUT2D eigenvalue weighted by Crippen LogP contribution is -2.06. The van der Waals surface area contributed by atoms with Crippen molar-refractivity contribution in [2.24, 2.45) is 0 Å². The topological polar surface area (TPSA) is 12.9 Å². The van der Waals surface area contributed by atoms with Gasteiger partial charge >= 0.3 is 6.18 Å². The smallest absolute Gasteiger partial charge is 0.248 e. The molecule has 4 heteroatoms. The summed E-state index contributed by atoms with van der Waals surface area (Å²) in [6, 6.07) is 15.1. The van der Waals surface area contributed by atoms with Crippen molar-refractivity contribution in [3.63, 3.8) is 0 Å². The number of pyridine rings is 1. The van der Waals surface area contributed by atoms with Crippen LogP contribution in [0.3, 0.4) is 0 Å². The maximum atomic E-state index is 13.0. The Kier molecular flexibility index (Phi) is 3.90. The molecule has 0 spiro atoms. The molecule has 0 aliphatic rings. The highest BCUT2D eigenvalue weighted by Gasteiger charge is 2.32. The van der Waals surface area contributed by atoms with Crippen LogP contribution in [0.15, 0.2) is 54.6 Å². The van der Waals surface area contributed by atoms with Crippen LogP contribution in [0.1, 0.15) is 22.4 Å². The molecule has 0 saturated carbocycles. The molecule has 0 aliphatic heterocycles. The lowest BCUT2D eigenvalue weighted by molar-refractivity contribution is -0.137. The fourth-order valence-electron chi connectivity index (χ4n) is 2.43. The van der Waals surface area contributed by atoms with E-state index in [4.69, 9.17) is 0 Å². The van der Waals surface area contributed by atoms with Gasteiger partial charge in [0, 0.05) is 5.39 Å². The van der Waals surface area contributed by atoms with Crippen LogP contribution in [0.2, 0.25) is 0 Å². The van der Waals surface area contributed by atoms with Gasteiger partial charge in [0.15, 0.2) is 0 Å². The van der Waals surface area contributed by atoms with Gasteiger partial charge in [-0.15, -0.1) is 0 Å². The summed E-state index contributed by atoms with van der Waals surface area (Å²) in [6.45, 7) is 2.00. The summed E-state index contributed by atoms with van der Waals surface area (Å²) in [5.41, 5.74) is 2.07. The van der Waals surface area contributed by atoms with Gasteiger partial charge in [-0.1, -0.05) is 42.0 Å². The molecule has 23 heavy (non-hydrogen) atoms. The second-order valence-electron chi connectivity index (χ2n) is 5.35. The average molecular weight is 313 g/mol. The number of aryl methyl sites for hydroxylation is 1. The Labute approximate surface area is 132 Å². The van der Waals surface area contributed by atoms with Gasteiger partial charge in [-0.3, -0.25) is 0 Å². The van der Waals surface area contributed by atoms with E-state index in [9.17, 15) is 13.2 Å². The van der Waals surface area contributed by atoms with E-state index in [1.165, 1.54) is 18.2 Å². The highest BCUT2D eigenvalue weighted by atomic mass is 19.4. The SMILES string of the molecule is Cc1ccc2nc(/C=C/c3ccccc3C(F)(F)F)ccc2c1. The highest BCUT2D eigenvalue weighted by Crippen LogP contribution is 2.32. The number of aromatic nitrogens is 1. The summed E-state index contributed by atoms with van der Waals surface area (Å²) >= 11 is 0.